The predicted octanol–water partition coefficient (Wildman–Crippen LogP) is 0.877. The van der Waals surface area contributed by atoms with Crippen LogP contribution < -0.4 is 0 Å². The third kappa shape index (κ3) is 6.63. The number of aromatic carboxylic acids is 1. The summed E-state index contributed by atoms with van der Waals surface area (Å²) in [6.07, 6.45) is 3.82. The van der Waals surface area contributed by atoms with E-state index in [9.17, 15) is 29.7 Å². The summed E-state index contributed by atoms with van der Waals surface area (Å²) in [5.41, 5.74) is 0.00881. The van der Waals surface area contributed by atoms with Crippen LogP contribution in [0.1, 0.15) is 16.9 Å². The fourth-order valence-electron chi connectivity index (χ4n) is 2.83. The van der Waals surface area contributed by atoms with Gasteiger partial charge in [-0.15, -0.1) is 0 Å². The van der Waals surface area contributed by atoms with Gasteiger partial charge in [-0.3, -0.25) is 14.1 Å². The smallest absolute Gasteiger partial charge is 0.394 e. The number of fused-ring (bicyclic) bond motifs is 1. The second kappa shape index (κ2) is 9.51. The van der Waals surface area contributed by atoms with Crippen molar-refractivity contribution in [2.75, 3.05) is 0 Å². The average Bonchev–Trinajstić information content (AvgIpc) is 3.02. The maximum Gasteiger partial charge on any atom is 0.394 e. The Kier molecular flexibility index (Phi) is 7.22. The number of allylic oxidation sites excluding steroid dienone is 1. The monoisotopic (exact) mass is 484 g/mol. The zero-order valence-corrected chi connectivity index (χ0v) is 17.0. The summed E-state index contributed by atoms with van der Waals surface area (Å²) in [4.78, 5) is 37.5. The quantitative estimate of drug-likeness (QED) is 0.231. The molecule has 2 heterocycles. The SMILES string of the molecule is O=C(O)C1=NC(C(=O)O)CC(/C=C/n2c(C(=O)O)cc3cc(O)c(O)cc32)=C1.O=S(=O)(O)O. The first-order chi connectivity index (χ1) is 15.2. The molecule has 0 bridgehead atoms. The highest BCUT2D eigenvalue weighted by Crippen LogP contribution is 2.32. The molecule has 1 aromatic heterocycles. The van der Waals surface area contributed by atoms with E-state index in [4.69, 9.17) is 27.7 Å². The van der Waals surface area contributed by atoms with Crippen molar-refractivity contribution in [3.05, 3.63) is 41.6 Å². The molecule has 0 amide bonds. The Hall–Kier alpha value is -4.21. The topological polar surface area (TPSA) is 244 Å². The second-order valence-electron chi connectivity index (χ2n) is 6.46. The molecule has 1 aliphatic rings. The van der Waals surface area contributed by atoms with E-state index in [2.05, 4.69) is 4.99 Å². The van der Waals surface area contributed by atoms with Crippen LogP contribution >= 0.6 is 0 Å². The first-order valence-electron chi connectivity index (χ1n) is 8.60. The van der Waals surface area contributed by atoms with Gasteiger partial charge in [-0.05, 0) is 29.9 Å². The molecule has 3 rings (SSSR count). The van der Waals surface area contributed by atoms with E-state index in [1.807, 2.05) is 0 Å². The number of carboxylic acid groups (broad SMARTS) is 3. The minimum Gasteiger partial charge on any atom is -0.504 e. The van der Waals surface area contributed by atoms with E-state index in [0.717, 1.165) is 0 Å². The zero-order valence-electron chi connectivity index (χ0n) is 16.2. The Morgan fingerprint density at radius 3 is 2.09 bits per heavy atom. The number of nitrogens with zero attached hydrogens (tertiary/aromatic N) is 2. The molecule has 0 radical (unpaired) electrons. The van der Waals surface area contributed by atoms with Crippen molar-refractivity contribution in [1.82, 2.24) is 4.57 Å². The van der Waals surface area contributed by atoms with Gasteiger partial charge in [0, 0.05) is 24.1 Å². The first kappa shape index (κ1) is 25.1. The Morgan fingerprint density at radius 2 is 1.58 bits per heavy atom. The molecule has 1 aromatic carbocycles. The van der Waals surface area contributed by atoms with E-state index in [-0.39, 0.29) is 17.6 Å². The third-order valence-electron chi connectivity index (χ3n) is 4.14. The van der Waals surface area contributed by atoms with E-state index >= 15 is 0 Å². The van der Waals surface area contributed by atoms with E-state index in [1.54, 1.807) is 0 Å². The molecule has 33 heavy (non-hydrogen) atoms. The van der Waals surface area contributed by atoms with Crippen molar-refractivity contribution in [3.63, 3.8) is 0 Å². The number of rotatable bonds is 5. The highest BCUT2D eigenvalue weighted by molar-refractivity contribution is 7.79. The standard InChI is InChI=1S/C18H14N2O8.H2O4S/c21-14-6-9-5-13(18(27)28)20(12(9)7-15(14)22)2-1-8-3-10(16(23)24)19-11(4-8)17(25)26;1-5(2,3)4/h1-3,5-7,11,21-22H,4H2,(H,23,24)(H,25,26)(H,27,28);(H2,1,2,3,4)/b2-1+;. The van der Waals surface area contributed by atoms with E-state index in [1.165, 1.54) is 41.1 Å². The van der Waals surface area contributed by atoms with Gasteiger partial charge in [-0.2, -0.15) is 8.42 Å². The molecule has 0 saturated heterocycles. The number of hydrogen-bond acceptors (Lipinski definition) is 8. The number of aromatic hydroxyl groups is 2. The van der Waals surface area contributed by atoms with E-state index < -0.39 is 51.6 Å². The van der Waals surface area contributed by atoms with Crippen molar-refractivity contribution in [1.29, 1.82) is 0 Å². The van der Waals surface area contributed by atoms with Crippen LogP contribution in [0.3, 0.4) is 0 Å². The number of carboxylic acids is 3. The average molecular weight is 484 g/mol. The van der Waals surface area contributed by atoms with Gasteiger partial charge >= 0.3 is 28.3 Å². The largest absolute Gasteiger partial charge is 0.504 e. The summed E-state index contributed by atoms with van der Waals surface area (Å²) in [5.74, 6) is -4.79. The minimum absolute atomic E-state index is 0.0732. The summed E-state index contributed by atoms with van der Waals surface area (Å²) < 4.78 is 32.8. The minimum atomic E-state index is -4.67. The molecule has 15 heteroatoms. The molecular formula is C18H16N2O12S. The van der Waals surface area contributed by atoms with Crippen molar-refractivity contribution in [3.8, 4) is 11.5 Å². The molecule has 7 N–H and O–H groups in total. The highest BCUT2D eigenvalue weighted by Gasteiger charge is 2.24. The maximum atomic E-state index is 11.5. The van der Waals surface area contributed by atoms with Gasteiger partial charge in [0.05, 0.1) is 5.52 Å². The van der Waals surface area contributed by atoms with Crippen LogP contribution in [0.5, 0.6) is 11.5 Å². The summed E-state index contributed by atoms with van der Waals surface area (Å²) in [6.45, 7) is 0. The van der Waals surface area contributed by atoms with Gasteiger partial charge in [0.15, 0.2) is 17.5 Å². The Morgan fingerprint density at radius 1 is 1.00 bits per heavy atom. The summed E-state index contributed by atoms with van der Waals surface area (Å²) in [6, 6.07) is 2.41. The number of hydrogen-bond donors (Lipinski definition) is 7. The highest BCUT2D eigenvalue weighted by atomic mass is 32.3. The van der Waals surface area contributed by atoms with Crippen LogP contribution in [0.4, 0.5) is 0 Å². The number of dihydropyridines is 1. The first-order valence-corrected chi connectivity index (χ1v) is 9.99. The van der Waals surface area contributed by atoms with Crippen molar-refractivity contribution in [2.45, 2.75) is 12.5 Å². The molecule has 0 saturated carbocycles. The van der Waals surface area contributed by atoms with Crippen LogP contribution in [0.2, 0.25) is 0 Å². The van der Waals surface area contributed by atoms with Crippen LogP contribution in [0.15, 0.2) is 40.9 Å². The lowest BCUT2D eigenvalue weighted by Crippen LogP contribution is -2.26. The maximum absolute atomic E-state index is 11.5. The molecule has 14 nitrogen and oxygen atoms in total. The van der Waals surface area contributed by atoms with Crippen LogP contribution in [0, 0.1) is 0 Å². The number of benzene rings is 1. The number of aromatic nitrogens is 1. The van der Waals surface area contributed by atoms with Gasteiger partial charge in [0.2, 0.25) is 0 Å². The van der Waals surface area contributed by atoms with Crippen molar-refractivity contribution in [2.24, 2.45) is 4.99 Å². The lowest BCUT2D eigenvalue weighted by Gasteiger charge is -2.14. The normalized spacial score (nSPS) is 16.0. The molecule has 176 valence electrons. The Bertz CT molecular complexity index is 1330. The summed E-state index contributed by atoms with van der Waals surface area (Å²) in [5, 5.41) is 47.3. The van der Waals surface area contributed by atoms with Crippen LogP contribution in [0.25, 0.3) is 17.1 Å². The lowest BCUT2D eigenvalue weighted by molar-refractivity contribution is -0.138. The lowest BCUT2D eigenvalue weighted by atomic mass is 10.0. The molecule has 0 fully saturated rings. The number of aliphatic carboxylic acids is 2. The van der Waals surface area contributed by atoms with Crippen LogP contribution in [-0.2, 0) is 20.0 Å². The second-order valence-corrected chi connectivity index (χ2v) is 7.36. The van der Waals surface area contributed by atoms with Gasteiger partial charge in [0.1, 0.15) is 11.4 Å². The molecule has 2 aromatic rings. The Balaban J connectivity index is 0.000000696. The molecule has 1 atom stereocenters. The van der Waals surface area contributed by atoms with Gasteiger partial charge in [0.25, 0.3) is 0 Å². The number of carbonyl (C=O) groups is 3. The molecule has 0 spiro atoms. The Labute approximate surface area is 184 Å². The summed E-state index contributed by atoms with van der Waals surface area (Å²) in [7, 11) is -4.67. The van der Waals surface area contributed by atoms with Crippen molar-refractivity contribution >= 4 is 51.1 Å². The van der Waals surface area contributed by atoms with E-state index in [0.29, 0.717) is 11.0 Å². The van der Waals surface area contributed by atoms with Crippen molar-refractivity contribution < 1.29 is 57.4 Å². The summed E-state index contributed by atoms with van der Waals surface area (Å²) >= 11 is 0. The molecule has 1 aliphatic heterocycles. The molecular weight excluding hydrogens is 468 g/mol. The number of phenols is 2. The number of aliphatic imine (C=N–C) groups is 1. The number of phenolic OH excluding ortho intramolecular Hbond substituents is 2. The van der Waals surface area contributed by atoms with Gasteiger partial charge in [-0.25, -0.2) is 14.4 Å². The fourth-order valence-corrected chi connectivity index (χ4v) is 2.83. The predicted molar refractivity (Wildman–Crippen MR) is 111 cm³/mol. The zero-order chi connectivity index (χ0) is 25.1. The van der Waals surface area contributed by atoms with Crippen LogP contribution in [-0.4, -0.2) is 77.3 Å². The van der Waals surface area contributed by atoms with Gasteiger partial charge < -0.3 is 30.1 Å². The van der Waals surface area contributed by atoms with Gasteiger partial charge in [-0.1, -0.05) is 0 Å². The fraction of sp³-hybridized carbons (Fsp3) is 0.111. The molecule has 0 aliphatic carbocycles. The third-order valence-corrected chi connectivity index (χ3v) is 4.14. The molecule has 1 unspecified atom stereocenters.